The SMILES string of the molecule is O=[N+]([O-])c1ccc(/C=C/c2nc(N(F)C3CCC(O)CC3)c3ccccc3n2)o1. The number of benzene rings is 1. The van der Waals surface area contributed by atoms with Crippen molar-refractivity contribution in [1.82, 2.24) is 9.97 Å². The average molecular weight is 398 g/mol. The van der Waals surface area contributed by atoms with Crippen LogP contribution in [0, 0.1) is 10.1 Å². The highest BCUT2D eigenvalue weighted by Crippen LogP contribution is 2.31. The summed E-state index contributed by atoms with van der Waals surface area (Å²) in [5.74, 6) is 0.339. The van der Waals surface area contributed by atoms with Crippen LogP contribution in [-0.2, 0) is 0 Å². The number of para-hydroxylation sites is 1. The quantitative estimate of drug-likeness (QED) is 0.388. The Hall–Kier alpha value is -3.33. The highest BCUT2D eigenvalue weighted by molar-refractivity contribution is 5.90. The first-order chi connectivity index (χ1) is 14.0. The predicted molar refractivity (Wildman–Crippen MR) is 106 cm³/mol. The Balaban J connectivity index is 1.66. The Labute approximate surface area is 165 Å². The van der Waals surface area contributed by atoms with Crippen LogP contribution in [0.3, 0.4) is 0 Å². The van der Waals surface area contributed by atoms with E-state index in [0.717, 1.165) is 0 Å². The molecule has 0 amide bonds. The summed E-state index contributed by atoms with van der Waals surface area (Å²) >= 11 is 0. The van der Waals surface area contributed by atoms with Crippen molar-refractivity contribution in [3.8, 4) is 0 Å². The summed E-state index contributed by atoms with van der Waals surface area (Å²) in [6.45, 7) is 0. The first-order valence-electron chi connectivity index (χ1n) is 9.33. The Kier molecular flexibility index (Phi) is 5.22. The Morgan fingerprint density at radius 1 is 1.14 bits per heavy atom. The molecule has 9 heteroatoms. The molecule has 1 aliphatic rings. The highest BCUT2D eigenvalue weighted by atomic mass is 19.2. The molecule has 0 atom stereocenters. The zero-order valence-corrected chi connectivity index (χ0v) is 15.4. The normalized spacial score (nSPS) is 19.7. The fourth-order valence-electron chi connectivity index (χ4n) is 3.46. The van der Waals surface area contributed by atoms with Gasteiger partial charge >= 0.3 is 5.88 Å². The summed E-state index contributed by atoms with van der Waals surface area (Å²) in [6, 6.07) is 9.50. The molecule has 0 spiro atoms. The average Bonchev–Trinajstić information content (AvgIpc) is 3.21. The van der Waals surface area contributed by atoms with Gasteiger partial charge in [-0.1, -0.05) is 16.6 Å². The minimum Gasteiger partial charge on any atom is -0.401 e. The molecule has 4 rings (SSSR count). The number of hydrogen-bond acceptors (Lipinski definition) is 7. The molecule has 0 aliphatic heterocycles. The lowest BCUT2D eigenvalue weighted by Gasteiger charge is -2.30. The molecule has 1 aromatic carbocycles. The van der Waals surface area contributed by atoms with Gasteiger partial charge in [0.05, 0.1) is 23.7 Å². The van der Waals surface area contributed by atoms with Crippen molar-refractivity contribution in [3.05, 3.63) is 58.1 Å². The second-order valence-electron chi connectivity index (χ2n) is 6.96. The van der Waals surface area contributed by atoms with Crippen molar-refractivity contribution in [1.29, 1.82) is 0 Å². The van der Waals surface area contributed by atoms with Crippen molar-refractivity contribution >= 4 is 34.8 Å². The van der Waals surface area contributed by atoms with Gasteiger partial charge in [0.1, 0.15) is 10.7 Å². The maximum absolute atomic E-state index is 15.3. The fraction of sp³-hybridized carbons (Fsp3) is 0.300. The standard InChI is InChI=1S/C20H19FN4O4/c21-24(13-5-7-14(26)8-6-13)20-16-3-1-2-4-17(16)22-18(23-20)11-9-15-10-12-19(29-15)25(27)28/h1-4,9-14,26H,5-8H2/b11-9+. The van der Waals surface area contributed by atoms with E-state index in [1.54, 1.807) is 18.2 Å². The number of nitro groups is 1. The van der Waals surface area contributed by atoms with Crippen molar-refractivity contribution in [2.24, 2.45) is 0 Å². The van der Waals surface area contributed by atoms with Gasteiger partial charge in [-0.3, -0.25) is 10.1 Å². The molecule has 1 N–H and O–H groups in total. The topological polar surface area (TPSA) is 106 Å². The van der Waals surface area contributed by atoms with Crippen LogP contribution in [0.2, 0.25) is 0 Å². The third kappa shape index (κ3) is 4.09. The van der Waals surface area contributed by atoms with E-state index < -0.39 is 4.92 Å². The van der Waals surface area contributed by atoms with E-state index in [9.17, 15) is 15.2 Å². The molecule has 1 fully saturated rings. The largest absolute Gasteiger partial charge is 0.433 e. The second-order valence-corrected chi connectivity index (χ2v) is 6.96. The molecule has 1 saturated carbocycles. The van der Waals surface area contributed by atoms with Crippen LogP contribution >= 0.6 is 0 Å². The van der Waals surface area contributed by atoms with Crippen molar-refractivity contribution in [3.63, 3.8) is 0 Å². The molecule has 0 unspecified atom stereocenters. The van der Waals surface area contributed by atoms with Gasteiger partial charge in [-0.2, -0.15) is 5.12 Å². The lowest BCUT2D eigenvalue weighted by molar-refractivity contribution is -0.402. The number of aromatic nitrogens is 2. The summed E-state index contributed by atoms with van der Waals surface area (Å²) in [5.41, 5.74) is 0.584. The van der Waals surface area contributed by atoms with Crippen molar-refractivity contribution < 1.29 is 18.9 Å². The molecule has 3 aromatic rings. The minimum atomic E-state index is -0.621. The Morgan fingerprint density at radius 2 is 1.90 bits per heavy atom. The minimum absolute atomic E-state index is 0.169. The first kappa shape index (κ1) is 19.0. The van der Waals surface area contributed by atoms with E-state index in [4.69, 9.17) is 4.42 Å². The summed E-state index contributed by atoms with van der Waals surface area (Å²) in [6.07, 6.45) is 4.83. The monoisotopic (exact) mass is 398 g/mol. The summed E-state index contributed by atoms with van der Waals surface area (Å²) in [7, 11) is 0. The number of aliphatic hydroxyl groups is 1. The van der Waals surface area contributed by atoms with Gasteiger partial charge < -0.3 is 9.52 Å². The molecule has 2 heterocycles. The van der Waals surface area contributed by atoms with E-state index in [2.05, 4.69) is 9.97 Å². The van der Waals surface area contributed by atoms with Gasteiger partial charge in [0, 0.05) is 5.39 Å². The molecular formula is C20H19FN4O4. The number of fused-ring (bicyclic) bond motifs is 1. The highest BCUT2D eigenvalue weighted by Gasteiger charge is 2.27. The van der Waals surface area contributed by atoms with Crippen LogP contribution in [0.5, 0.6) is 0 Å². The lowest BCUT2D eigenvalue weighted by Crippen LogP contribution is -2.34. The maximum atomic E-state index is 15.3. The summed E-state index contributed by atoms with van der Waals surface area (Å²) in [4.78, 5) is 18.9. The third-order valence-corrected chi connectivity index (χ3v) is 4.98. The molecule has 0 radical (unpaired) electrons. The summed E-state index contributed by atoms with van der Waals surface area (Å²) < 4.78 is 20.3. The number of aliphatic hydroxyl groups excluding tert-OH is 1. The molecule has 0 bridgehead atoms. The lowest BCUT2D eigenvalue weighted by atomic mass is 9.93. The Bertz CT molecular complexity index is 1060. The fourth-order valence-corrected chi connectivity index (χ4v) is 3.46. The van der Waals surface area contributed by atoms with Crippen molar-refractivity contribution in [2.45, 2.75) is 37.8 Å². The number of rotatable bonds is 5. The first-order valence-corrected chi connectivity index (χ1v) is 9.33. The second kappa shape index (κ2) is 7.96. The van der Waals surface area contributed by atoms with Crippen LogP contribution in [0.1, 0.15) is 37.3 Å². The molecule has 1 aliphatic carbocycles. The molecule has 29 heavy (non-hydrogen) atoms. The van der Waals surface area contributed by atoms with Gasteiger partial charge in [0.15, 0.2) is 11.6 Å². The van der Waals surface area contributed by atoms with Gasteiger partial charge in [-0.15, -0.1) is 0 Å². The number of furan rings is 1. The van der Waals surface area contributed by atoms with Gasteiger partial charge in [0.25, 0.3) is 0 Å². The molecule has 2 aromatic heterocycles. The van der Waals surface area contributed by atoms with Crippen LogP contribution in [0.25, 0.3) is 23.1 Å². The van der Waals surface area contributed by atoms with E-state index in [1.807, 2.05) is 6.07 Å². The van der Waals surface area contributed by atoms with Crippen LogP contribution in [0.4, 0.5) is 16.2 Å². The number of halogens is 1. The maximum Gasteiger partial charge on any atom is 0.433 e. The predicted octanol–water partition coefficient (Wildman–Crippen LogP) is 4.30. The van der Waals surface area contributed by atoms with Crippen LogP contribution < -0.4 is 5.12 Å². The number of anilines is 1. The van der Waals surface area contributed by atoms with Gasteiger partial charge in [-0.05, 0) is 56.0 Å². The van der Waals surface area contributed by atoms with E-state index in [1.165, 1.54) is 24.3 Å². The number of nitrogens with zero attached hydrogens (tertiary/aromatic N) is 4. The molecular weight excluding hydrogens is 379 g/mol. The van der Waals surface area contributed by atoms with Gasteiger partial charge in [0.2, 0.25) is 0 Å². The van der Waals surface area contributed by atoms with Crippen LogP contribution in [-0.4, -0.2) is 32.1 Å². The van der Waals surface area contributed by atoms with Gasteiger partial charge in [-0.25, -0.2) is 9.97 Å². The zero-order valence-electron chi connectivity index (χ0n) is 15.4. The molecule has 8 nitrogen and oxygen atoms in total. The van der Waals surface area contributed by atoms with E-state index in [0.29, 0.717) is 41.7 Å². The third-order valence-electron chi connectivity index (χ3n) is 4.98. The van der Waals surface area contributed by atoms with Crippen molar-refractivity contribution in [2.75, 3.05) is 5.12 Å². The summed E-state index contributed by atoms with van der Waals surface area (Å²) in [5, 5.41) is 21.7. The Morgan fingerprint density at radius 3 is 2.62 bits per heavy atom. The van der Waals surface area contributed by atoms with E-state index in [-0.39, 0.29) is 35.4 Å². The smallest absolute Gasteiger partial charge is 0.401 e. The van der Waals surface area contributed by atoms with E-state index >= 15 is 4.48 Å². The molecule has 150 valence electrons. The molecule has 0 saturated heterocycles. The zero-order chi connectivity index (χ0) is 20.4. The number of hydrogen-bond donors (Lipinski definition) is 1. The van der Waals surface area contributed by atoms with Crippen LogP contribution in [0.15, 0.2) is 40.8 Å².